The van der Waals surface area contributed by atoms with Gasteiger partial charge in [-0.1, -0.05) is 0 Å². The van der Waals surface area contributed by atoms with Crippen LogP contribution in [0.2, 0.25) is 0 Å². The van der Waals surface area contributed by atoms with Crippen LogP contribution in [0, 0.1) is 5.41 Å². The summed E-state index contributed by atoms with van der Waals surface area (Å²) in [5.74, 6) is 0. The molecule has 2 aliphatic rings. The number of halogens is 2. The summed E-state index contributed by atoms with van der Waals surface area (Å²) in [5, 5.41) is 0. The van der Waals surface area contributed by atoms with Crippen LogP contribution < -0.4 is 0 Å². The van der Waals surface area contributed by atoms with Crippen LogP contribution in [0.15, 0.2) is 21.0 Å². The van der Waals surface area contributed by atoms with Crippen LogP contribution in [0.5, 0.6) is 0 Å². The van der Waals surface area contributed by atoms with E-state index in [1.54, 1.807) is 33.6 Å². The van der Waals surface area contributed by atoms with Crippen LogP contribution in [0.4, 0.5) is 0 Å². The molecule has 16 heavy (non-hydrogen) atoms. The molecule has 0 atom stereocenters. The maximum absolute atomic E-state index is 2.43. The Balaban J connectivity index is 0.00000112. The second kappa shape index (κ2) is 7.39. The van der Waals surface area contributed by atoms with Crippen molar-refractivity contribution in [1.82, 2.24) is 0 Å². The van der Waals surface area contributed by atoms with E-state index in [-0.39, 0.29) is 24.8 Å². The molecule has 0 saturated heterocycles. The quantitative estimate of drug-likeness (QED) is 0.668. The second-order valence-electron chi connectivity index (χ2n) is 4.69. The van der Waals surface area contributed by atoms with Crippen molar-refractivity contribution >= 4 is 24.8 Å². The number of hydrogen-bond donors (Lipinski definition) is 0. The fourth-order valence-corrected chi connectivity index (χ4v) is 4.19. The Hall–Kier alpha value is 0.943. The molecule has 2 aliphatic carbocycles. The van der Waals surface area contributed by atoms with E-state index in [9.17, 15) is 0 Å². The zero-order valence-corrected chi connectivity index (χ0v) is 14.0. The molecule has 0 aromatic heterocycles. The maximum Gasteiger partial charge on any atom is -0.147 e. The van der Waals surface area contributed by atoms with Gasteiger partial charge in [-0.15, -0.1) is 24.8 Å². The van der Waals surface area contributed by atoms with Crippen molar-refractivity contribution in [1.29, 1.82) is 0 Å². The molecule has 1 saturated carbocycles. The summed E-state index contributed by atoms with van der Waals surface area (Å²) in [4.78, 5) is 0. The minimum Gasteiger partial charge on any atom is -0.147 e. The molecule has 0 spiro atoms. The van der Waals surface area contributed by atoms with Gasteiger partial charge in [0, 0.05) is 0 Å². The van der Waals surface area contributed by atoms with Crippen LogP contribution in [-0.4, -0.2) is 0 Å². The Morgan fingerprint density at radius 2 is 1.81 bits per heavy atom. The molecule has 0 nitrogen and oxygen atoms in total. The van der Waals surface area contributed by atoms with Crippen molar-refractivity contribution in [2.75, 3.05) is 0 Å². The van der Waals surface area contributed by atoms with E-state index in [4.69, 9.17) is 0 Å². The van der Waals surface area contributed by atoms with Gasteiger partial charge in [0.15, 0.2) is 0 Å². The van der Waals surface area contributed by atoms with Gasteiger partial charge < -0.3 is 0 Å². The fraction of sp³-hybridized carbons (Fsp3) is 0.692. The molecule has 0 radical (unpaired) electrons. The molecule has 91 valence electrons. The molecule has 2 rings (SSSR count). The first-order valence-corrected chi connectivity index (χ1v) is 7.13. The topological polar surface area (TPSA) is 0 Å². The van der Waals surface area contributed by atoms with Crippen LogP contribution in [0.25, 0.3) is 0 Å². The Bertz CT molecular complexity index is 276. The van der Waals surface area contributed by atoms with Crippen molar-refractivity contribution < 1.29 is 24.7 Å². The first-order chi connectivity index (χ1) is 6.78. The average molecular weight is 339 g/mol. The van der Waals surface area contributed by atoms with Gasteiger partial charge in [0.2, 0.25) is 0 Å². The van der Waals surface area contributed by atoms with Gasteiger partial charge in [-0.25, -0.2) is 0 Å². The van der Waals surface area contributed by atoms with Gasteiger partial charge in [0.05, 0.1) is 0 Å². The van der Waals surface area contributed by atoms with Gasteiger partial charge >= 0.3 is 103 Å². The summed E-state index contributed by atoms with van der Waals surface area (Å²) in [7, 11) is 0. The van der Waals surface area contributed by atoms with E-state index in [0.717, 1.165) is 0 Å². The molecule has 0 unspecified atom stereocenters. The van der Waals surface area contributed by atoms with E-state index in [2.05, 4.69) is 19.1 Å². The molecule has 0 amide bonds. The van der Waals surface area contributed by atoms with Gasteiger partial charge in [0.25, 0.3) is 0 Å². The summed E-state index contributed by atoms with van der Waals surface area (Å²) in [5.41, 5.74) is 2.32. The number of hydrogen-bond acceptors (Lipinski definition) is 0. The third kappa shape index (κ3) is 3.24. The van der Waals surface area contributed by atoms with E-state index in [0.29, 0.717) is 5.41 Å². The van der Waals surface area contributed by atoms with Gasteiger partial charge in [-0.2, -0.15) is 0 Å². The Labute approximate surface area is 127 Å². The molecule has 0 bridgehead atoms. The predicted molar refractivity (Wildman–Crippen MR) is 71.1 cm³/mol. The van der Waals surface area contributed by atoms with Crippen LogP contribution in [0.3, 0.4) is 0 Å². The summed E-state index contributed by atoms with van der Waals surface area (Å²) in [6.07, 6.45) is 14.7. The van der Waals surface area contributed by atoms with Crippen molar-refractivity contribution in [2.45, 2.75) is 51.9 Å². The molecule has 0 aromatic carbocycles. The fourth-order valence-electron chi connectivity index (χ4n) is 3.04. The molecular weight excluding hydrogens is 318 g/mol. The first kappa shape index (κ1) is 16.9. The molecule has 0 aliphatic heterocycles. The monoisotopic (exact) mass is 337 g/mol. The average Bonchev–Trinajstić information content (AvgIpc) is 2.66. The molecule has 0 aromatic rings. The van der Waals surface area contributed by atoms with E-state index >= 15 is 0 Å². The van der Waals surface area contributed by atoms with Crippen LogP contribution >= 0.6 is 24.8 Å². The second-order valence-corrected chi connectivity index (χ2v) is 6.18. The molecule has 3 heteroatoms. The van der Waals surface area contributed by atoms with E-state index in [1.807, 2.05) is 0 Å². The Morgan fingerprint density at radius 3 is 2.25 bits per heavy atom. The third-order valence-electron chi connectivity index (χ3n) is 3.99. The van der Waals surface area contributed by atoms with Crippen molar-refractivity contribution in [3.63, 3.8) is 0 Å². The van der Waals surface area contributed by atoms with E-state index in [1.165, 1.54) is 44.9 Å². The van der Waals surface area contributed by atoms with Crippen molar-refractivity contribution in [3.05, 3.63) is 21.0 Å². The predicted octanol–water partition coefficient (Wildman–Crippen LogP) is 4.95. The van der Waals surface area contributed by atoms with Gasteiger partial charge in [-0.3, -0.25) is 0 Å². The first-order valence-electron chi connectivity index (χ1n) is 5.90. The summed E-state index contributed by atoms with van der Waals surface area (Å²) in [6, 6.07) is 0. The standard InChI is InChI=1S/C13H19.2ClH.Zr/c1-2-13(10-6-3-7-11-13)12-8-4-5-9-12;;;/h4,8H,2-3,5-7,10-11H2,1H3;2*1H;. The van der Waals surface area contributed by atoms with Crippen molar-refractivity contribution in [2.24, 2.45) is 5.41 Å². The largest absolute Gasteiger partial charge is 0.147 e. The maximum atomic E-state index is 2.43. The third-order valence-corrected chi connectivity index (χ3v) is 5.15. The van der Waals surface area contributed by atoms with Gasteiger partial charge in [-0.05, 0) is 0 Å². The SMILES string of the molecule is CCC1(C2=[C]([Zr])CC=C2)CCCCC1.Cl.Cl. The molecule has 0 heterocycles. The molecule has 1 fully saturated rings. The van der Waals surface area contributed by atoms with Crippen molar-refractivity contribution in [3.8, 4) is 0 Å². The van der Waals surface area contributed by atoms with E-state index < -0.39 is 0 Å². The smallest absolute Gasteiger partial charge is 0.147 e. The normalized spacial score (nSPS) is 22.5. The molecular formula is C13H21Cl2Zr. The Kier molecular flexibility index (Phi) is 7.83. The summed E-state index contributed by atoms with van der Waals surface area (Å²) in [6.45, 7) is 2.38. The summed E-state index contributed by atoms with van der Waals surface area (Å²) >= 11 is 1.64. The Morgan fingerprint density at radius 1 is 1.19 bits per heavy atom. The minimum absolute atomic E-state index is 0. The molecule has 0 N–H and O–H groups in total. The zero-order valence-electron chi connectivity index (χ0n) is 9.92. The summed E-state index contributed by atoms with van der Waals surface area (Å²) < 4.78 is 1.72. The zero-order chi connectivity index (χ0) is 10.0. The minimum atomic E-state index is 0. The number of rotatable bonds is 2. The van der Waals surface area contributed by atoms with Crippen LogP contribution in [-0.2, 0) is 24.7 Å². The van der Waals surface area contributed by atoms with Gasteiger partial charge in [0.1, 0.15) is 0 Å². The van der Waals surface area contributed by atoms with Crippen LogP contribution in [0.1, 0.15) is 51.9 Å². The number of allylic oxidation sites excluding steroid dienone is 4.